The van der Waals surface area contributed by atoms with E-state index in [-0.39, 0.29) is 52.2 Å². The SMILES string of the molecule is CO[C@@H]1O[C@@H]([C@@H](O)C(C)(C)OC)C[C@H]1[C@@H]1CC=C2[C@]3(C)[C@H](O)C[C@H]4C(C)(C)C(=O)C=C[C@]4(C)[C@H]3CC[C@]21C. The monoisotopic (exact) mass is 530 g/mol. The zero-order valence-electron chi connectivity index (χ0n) is 24.9. The Kier molecular flexibility index (Phi) is 6.73. The summed E-state index contributed by atoms with van der Waals surface area (Å²) < 4.78 is 17.8. The van der Waals surface area contributed by atoms with Crippen LogP contribution in [0.5, 0.6) is 0 Å². The number of rotatable bonds is 5. The molecule has 3 fully saturated rings. The molecule has 0 radical (unpaired) electrons. The maximum atomic E-state index is 12.9. The van der Waals surface area contributed by atoms with E-state index in [0.29, 0.717) is 12.3 Å². The van der Waals surface area contributed by atoms with E-state index in [1.807, 2.05) is 19.9 Å². The second-order valence-electron chi connectivity index (χ2n) is 14.8. The number of methoxy groups -OCH3 is 2. The van der Waals surface area contributed by atoms with Gasteiger partial charge in [-0.1, -0.05) is 52.3 Å². The molecule has 2 saturated carbocycles. The van der Waals surface area contributed by atoms with Crippen molar-refractivity contribution >= 4 is 5.78 Å². The van der Waals surface area contributed by atoms with Gasteiger partial charge in [-0.2, -0.15) is 0 Å². The molecular formula is C32H50O6. The van der Waals surface area contributed by atoms with Crippen molar-refractivity contribution in [2.24, 2.45) is 45.3 Å². The molecule has 0 unspecified atom stereocenters. The van der Waals surface area contributed by atoms with Crippen LogP contribution in [0.4, 0.5) is 0 Å². The maximum absolute atomic E-state index is 12.9. The molecule has 0 aromatic rings. The fraction of sp³-hybridized carbons (Fsp3) is 0.844. The predicted octanol–water partition coefficient (Wildman–Crippen LogP) is 5.07. The van der Waals surface area contributed by atoms with E-state index >= 15 is 0 Å². The summed E-state index contributed by atoms with van der Waals surface area (Å²) in [4.78, 5) is 12.9. The van der Waals surface area contributed by atoms with E-state index in [1.54, 1.807) is 14.2 Å². The molecule has 0 spiro atoms. The minimum absolute atomic E-state index is 0.0828. The third-order valence-electron chi connectivity index (χ3n) is 12.5. The highest BCUT2D eigenvalue weighted by atomic mass is 16.7. The average molecular weight is 531 g/mol. The first kappa shape index (κ1) is 28.5. The molecule has 2 N–H and O–H groups in total. The van der Waals surface area contributed by atoms with Crippen molar-refractivity contribution < 1.29 is 29.2 Å². The van der Waals surface area contributed by atoms with Crippen molar-refractivity contribution in [1.29, 1.82) is 0 Å². The summed E-state index contributed by atoms with van der Waals surface area (Å²) in [6, 6.07) is 0. The number of fused-ring (bicyclic) bond motifs is 5. The third kappa shape index (κ3) is 3.66. The number of ether oxygens (including phenoxy) is 3. The Morgan fingerprint density at radius 2 is 1.79 bits per heavy atom. The Hall–Kier alpha value is -1.05. The zero-order valence-corrected chi connectivity index (χ0v) is 24.9. The van der Waals surface area contributed by atoms with Crippen LogP contribution in [0, 0.1) is 45.3 Å². The van der Waals surface area contributed by atoms with Crippen LogP contribution in [0.1, 0.15) is 80.6 Å². The summed E-state index contributed by atoms with van der Waals surface area (Å²) >= 11 is 0. The Bertz CT molecular complexity index is 1030. The van der Waals surface area contributed by atoms with Crippen molar-refractivity contribution in [2.45, 2.75) is 111 Å². The number of carbonyl (C=O) groups is 1. The van der Waals surface area contributed by atoms with Crippen molar-refractivity contribution in [1.82, 2.24) is 0 Å². The lowest BCUT2D eigenvalue weighted by Gasteiger charge is -2.66. The first-order valence-corrected chi connectivity index (χ1v) is 14.6. The van der Waals surface area contributed by atoms with E-state index in [2.05, 4.69) is 46.8 Å². The van der Waals surface area contributed by atoms with E-state index < -0.39 is 23.2 Å². The molecule has 1 heterocycles. The quantitative estimate of drug-likeness (QED) is 0.483. The van der Waals surface area contributed by atoms with Gasteiger partial charge in [-0.15, -0.1) is 0 Å². The van der Waals surface area contributed by atoms with Gasteiger partial charge in [0, 0.05) is 31.0 Å². The Morgan fingerprint density at radius 3 is 2.42 bits per heavy atom. The molecule has 6 nitrogen and oxygen atoms in total. The summed E-state index contributed by atoms with van der Waals surface area (Å²) in [5.74, 6) is 1.01. The van der Waals surface area contributed by atoms with E-state index in [1.165, 1.54) is 5.57 Å². The smallest absolute Gasteiger partial charge is 0.161 e. The molecule has 1 aliphatic heterocycles. The molecule has 0 aromatic heterocycles. The van der Waals surface area contributed by atoms with Crippen LogP contribution in [-0.2, 0) is 19.0 Å². The van der Waals surface area contributed by atoms with Crippen molar-refractivity contribution in [3.05, 3.63) is 23.8 Å². The molecule has 11 atom stereocenters. The topological polar surface area (TPSA) is 85.2 Å². The summed E-state index contributed by atoms with van der Waals surface area (Å²) in [6.45, 7) is 14.9. The minimum Gasteiger partial charge on any atom is -0.392 e. The lowest BCUT2D eigenvalue weighted by Crippen LogP contribution is -2.63. The molecule has 6 heteroatoms. The van der Waals surface area contributed by atoms with Crippen molar-refractivity contribution in [3.63, 3.8) is 0 Å². The number of carbonyl (C=O) groups excluding carboxylic acids is 1. The maximum Gasteiger partial charge on any atom is 0.161 e. The Balaban J connectivity index is 1.46. The van der Waals surface area contributed by atoms with E-state index in [4.69, 9.17) is 14.2 Å². The van der Waals surface area contributed by atoms with Crippen LogP contribution >= 0.6 is 0 Å². The largest absolute Gasteiger partial charge is 0.392 e. The van der Waals surface area contributed by atoms with Gasteiger partial charge in [0.05, 0.1) is 17.8 Å². The van der Waals surface area contributed by atoms with Crippen LogP contribution in [0.2, 0.25) is 0 Å². The summed E-state index contributed by atoms with van der Waals surface area (Å²) in [6.07, 6.45) is 8.75. The third-order valence-corrected chi connectivity index (χ3v) is 12.5. The van der Waals surface area contributed by atoms with Gasteiger partial charge in [0.1, 0.15) is 6.10 Å². The summed E-state index contributed by atoms with van der Waals surface area (Å²) in [5.41, 5.74) is -0.381. The molecular weight excluding hydrogens is 480 g/mol. The normalized spacial score (nSPS) is 48.8. The van der Waals surface area contributed by atoms with Crippen LogP contribution in [0.15, 0.2) is 23.8 Å². The molecule has 214 valence electrons. The van der Waals surface area contributed by atoms with Gasteiger partial charge in [0.25, 0.3) is 0 Å². The molecule has 5 rings (SSSR count). The standard InChI is InChI=1S/C32H50O6/c1-28(2)23-17-25(34)32(7)21-11-10-19(18-16-20(38-27(18)36-8)26(35)29(3,4)37-9)30(21,5)14-12-22(32)31(23,6)15-13-24(28)33/h11,13,15,18-20,22-23,25-27,34-35H,10,12,14,16-17H2,1-9H3/t18-,19-,20+,22+,23-,25+,26+,27+,30-,31+,32-/m0/s1. The Labute approximate surface area is 229 Å². The number of aliphatic hydroxyl groups is 2. The molecule has 38 heavy (non-hydrogen) atoms. The van der Waals surface area contributed by atoms with Gasteiger partial charge in [-0.25, -0.2) is 0 Å². The van der Waals surface area contributed by atoms with Crippen LogP contribution in [0.3, 0.4) is 0 Å². The fourth-order valence-electron chi connectivity index (χ4n) is 10.0. The second-order valence-corrected chi connectivity index (χ2v) is 14.8. The van der Waals surface area contributed by atoms with Crippen LogP contribution in [-0.4, -0.2) is 60.4 Å². The van der Waals surface area contributed by atoms with Crippen molar-refractivity contribution in [2.75, 3.05) is 14.2 Å². The molecule has 1 saturated heterocycles. The summed E-state index contributed by atoms with van der Waals surface area (Å²) in [7, 11) is 3.32. The summed E-state index contributed by atoms with van der Waals surface area (Å²) in [5, 5.41) is 23.0. The first-order valence-electron chi connectivity index (χ1n) is 14.6. The number of hydrogen-bond donors (Lipinski definition) is 2. The van der Waals surface area contributed by atoms with Gasteiger partial charge in [0.2, 0.25) is 0 Å². The predicted molar refractivity (Wildman–Crippen MR) is 146 cm³/mol. The van der Waals surface area contributed by atoms with Crippen LogP contribution in [0.25, 0.3) is 0 Å². The van der Waals surface area contributed by atoms with Gasteiger partial charge >= 0.3 is 0 Å². The Morgan fingerprint density at radius 1 is 1.11 bits per heavy atom. The average Bonchev–Trinajstić information content (AvgIpc) is 3.44. The number of ketones is 1. The van der Waals surface area contributed by atoms with Crippen LogP contribution < -0.4 is 0 Å². The van der Waals surface area contributed by atoms with E-state index in [9.17, 15) is 15.0 Å². The molecule has 0 bridgehead atoms. The van der Waals surface area contributed by atoms with Gasteiger partial charge in [-0.05, 0) is 80.6 Å². The molecule has 0 aromatic carbocycles. The fourth-order valence-corrected chi connectivity index (χ4v) is 10.0. The number of hydrogen-bond acceptors (Lipinski definition) is 6. The first-order chi connectivity index (χ1) is 17.6. The molecule has 4 aliphatic carbocycles. The highest BCUT2D eigenvalue weighted by Crippen LogP contribution is 2.72. The highest BCUT2D eigenvalue weighted by Gasteiger charge is 2.68. The van der Waals surface area contributed by atoms with Gasteiger partial charge in [0.15, 0.2) is 12.1 Å². The highest BCUT2D eigenvalue weighted by molar-refractivity contribution is 5.95. The van der Waals surface area contributed by atoms with Crippen molar-refractivity contribution in [3.8, 4) is 0 Å². The van der Waals surface area contributed by atoms with Gasteiger partial charge in [-0.3, -0.25) is 4.79 Å². The molecule has 0 amide bonds. The zero-order chi connectivity index (χ0) is 28.1. The lowest BCUT2D eigenvalue weighted by atomic mass is 9.38. The van der Waals surface area contributed by atoms with Gasteiger partial charge < -0.3 is 24.4 Å². The van der Waals surface area contributed by atoms with E-state index in [0.717, 1.165) is 25.7 Å². The molecule has 5 aliphatic rings. The number of allylic oxidation sites excluding steroid dienone is 3. The number of aliphatic hydroxyl groups excluding tert-OH is 2. The lowest BCUT2D eigenvalue weighted by molar-refractivity contribution is -0.189. The second kappa shape index (κ2) is 8.97. The minimum atomic E-state index is -0.758.